The lowest BCUT2D eigenvalue weighted by Crippen LogP contribution is -2.59. The Balaban J connectivity index is 1.82. The minimum absolute atomic E-state index is 0.159. The first kappa shape index (κ1) is 10.6. The Morgan fingerprint density at radius 1 is 1.25 bits per heavy atom. The third kappa shape index (κ3) is 1.41. The molecule has 3 aliphatic heterocycles. The van der Waals surface area contributed by atoms with Crippen LogP contribution in [0.5, 0.6) is 0 Å². The summed E-state index contributed by atoms with van der Waals surface area (Å²) >= 11 is 0. The summed E-state index contributed by atoms with van der Waals surface area (Å²) in [4.78, 5) is 14.4. The number of piperidine rings is 2. The van der Waals surface area contributed by atoms with E-state index in [1.54, 1.807) is 0 Å². The molecule has 1 saturated carbocycles. The lowest BCUT2D eigenvalue weighted by atomic mass is 9.66. The van der Waals surface area contributed by atoms with Crippen LogP contribution >= 0.6 is 0 Å². The van der Waals surface area contributed by atoms with E-state index >= 15 is 0 Å². The van der Waals surface area contributed by atoms with Gasteiger partial charge < -0.3 is 10.2 Å². The van der Waals surface area contributed by atoms with Gasteiger partial charge in [0.2, 0.25) is 5.91 Å². The number of hydrogen-bond donors (Lipinski definition) is 1. The molecule has 3 heteroatoms. The van der Waals surface area contributed by atoms with E-state index < -0.39 is 0 Å². The number of hydrogen-bond acceptors (Lipinski definition) is 2. The van der Waals surface area contributed by atoms with Gasteiger partial charge in [0.15, 0.2) is 0 Å². The SMILES string of the molecule is CC(C)C(=O)N1C[C@H]2CC[C@H]1[C@H]1CNC[C@H]21. The largest absolute Gasteiger partial charge is 0.339 e. The van der Waals surface area contributed by atoms with Gasteiger partial charge in [-0.3, -0.25) is 4.79 Å². The van der Waals surface area contributed by atoms with E-state index in [-0.39, 0.29) is 5.92 Å². The van der Waals surface area contributed by atoms with Crippen molar-refractivity contribution in [3.63, 3.8) is 0 Å². The molecule has 0 aromatic heterocycles. The molecule has 1 N–H and O–H groups in total. The number of rotatable bonds is 1. The predicted octanol–water partition coefficient (Wildman–Crippen LogP) is 1.10. The summed E-state index contributed by atoms with van der Waals surface area (Å²) in [6, 6.07) is 0.542. The standard InChI is InChI=1S/C13H22N2O/c1-8(2)13(16)15-7-9-3-4-12(15)11-6-14-5-10(9)11/h8-12,14H,3-7H2,1-2H3/t9-,10-,11+,12+/m1/s1. The molecule has 4 aliphatic rings. The van der Waals surface area contributed by atoms with Crippen LogP contribution in [-0.2, 0) is 4.79 Å². The van der Waals surface area contributed by atoms with E-state index in [0.29, 0.717) is 11.9 Å². The topological polar surface area (TPSA) is 32.3 Å². The summed E-state index contributed by atoms with van der Waals surface area (Å²) in [6.07, 6.45) is 2.58. The van der Waals surface area contributed by atoms with Gasteiger partial charge in [0.05, 0.1) is 0 Å². The van der Waals surface area contributed by atoms with Crippen molar-refractivity contribution in [1.82, 2.24) is 10.2 Å². The van der Waals surface area contributed by atoms with E-state index in [1.165, 1.54) is 19.4 Å². The van der Waals surface area contributed by atoms with Crippen LogP contribution in [0.1, 0.15) is 26.7 Å². The summed E-state index contributed by atoms with van der Waals surface area (Å²) in [5.41, 5.74) is 0. The Labute approximate surface area is 97.6 Å². The number of nitrogens with one attached hydrogen (secondary N) is 1. The molecule has 4 rings (SSSR count). The number of nitrogens with zero attached hydrogens (tertiary/aromatic N) is 1. The third-order valence-corrected chi connectivity index (χ3v) is 4.85. The second kappa shape index (κ2) is 3.73. The van der Waals surface area contributed by atoms with E-state index in [0.717, 1.165) is 30.8 Å². The van der Waals surface area contributed by atoms with Crippen molar-refractivity contribution in [1.29, 1.82) is 0 Å². The predicted molar refractivity (Wildman–Crippen MR) is 62.9 cm³/mol. The Morgan fingerprint density at radius 2 is 2.00 bits per heavy atom. The van der Waals surface area contributed by atoms with E-state index in [4.69, 9.17) is 0 Å². The maximum atomic E-state index is 12.2. The maximum Gasteiger partial charge on any atom is 0.225 e. The second-order valence-corrected chi connectivity index (χ2v) is 6.04. The number of amides is 1. The molecule has 4 fully saturated rings. The van der Waals surface area contributed by atoms with E-state index in [9.17, 15) is 4.79 Å². The van der Waals surface area contributed by atoms with Crippen molar-refractivity contribution in [2.24, 2.45) is 23.7 Å². The average molecular weight is 222 g/mol. The first-order chi connectivity index (χ1) is 7.68. The molecular formula is C13H22N2O. The monoisotopic (exact) mass is 222 g/mol. The molecule has 0 spiro atoms. The van der Waals surface area contributed by atoms with Gasteiger partial charge >= 0.3 is 0 Å². The third-order valence-electron chi connectivity index (χ3n) is 4.85. The van der Waals surface area contributed by atoms with E-state index in [1.807, 2.05) is 13.8 Å². The van der Waals surface area contributed by atoms with Gasteiger partial charge in [-0.2, -0.15) is 0 Å². The first-order valence-corrected chi connectivity index (χ1v) is 6.69. The van der Waals surface area contributed by atoms with Crippen LogP contribution < -0.4 is 5.32 Å². The molecule has 0 aromatic rings. The molecule has 2 bridgehead atoms. The van der Waals surface area contributed by atoms with Crippen molar-refractivity contribution in [2.45, 2.75) is 32.7 Å². The normalized spacial score (nSPS) is 41.6. The molecule has 0 aromatic carbocycles. The van der Waals surface area contributed by atoms with Gasteiger partial charge in [-0.25, -0.2) is 0 Å². The van der Waals surface area contributed by atoms with Crippen molar-refractivity contribution in [2.75, 3.05) is 19.6 Å². The summed E-state index contributed by atoms with van der Waals surface area (Å²) < 4.78 is 0. The number of carbonyl (C=O) groups excluding carboxylic acids is 1. The van der Waals surface area contributed by atoms with Gasteiger partial charge in [-0.1, -0.05) is 13.8 Å². The Hall–Kier alpha value is -0.570. The quantitative estimate of drug-likeness (QED) is 0.720. The van der Waals surface area contributed by atoms with Gasteiger partial charge in [0.25, 0.3) is 0 Å². The average Bonchev–Trinajstić information content (AvgIpc) is 2.78. The summed E-state index contributed by atoms with van der Waals surface area (Å²) in [5, 5.41) is 3.52. The van der Waals surface area contributed by atoms with Gasteiger partial charge in [0, 0.05) is 25.0 Å². The van der Waals surface area contributed by atoms with Crippen LogP contribution in [-0.4, -0.2) is 36.5 Å². The van der Waals surface area contributed by atoms with Crippen LogP contribution in [0.15, 0.2) is 0 Å². The fraction of sp³-hybridized carbons (Fsp3) is 0.923. The van der Waals surface area contributed by atoms with Gasteiger partial charge in [0.1, 0.15) is 0 Å². The molecule has 90 valence electrons. The highest BCUT2D eigenvalue weighted by Gasteiger charge is 2.50. The second-order valence-electron chi connectivity index (χ2n) is 6.04. The molecule has 1 amide bonds. The summed E-state index contributed by atoms with van der Waals surface area (Å²) in [7, 11) is 0. The Bertz CT molecular complexity index is 302. The fourth-order valence-corrected chi connectivity index (χ4v) is 4.06. The minimum atomic E-state index is 0.159. The van der Waals surface area contributed by atoms with Crippen LogP contribution in [0.3, 0.4) is 0 Å². The zero-order valence-corrected chi connectivity index (χ0v) is 10.3. The Morgan fingerprint density at radius 3 is 2.75 bits per heavy atom. The van der Waals surface area contributed by atoms with Gasteiger partial charge in [-0.05, 0) is 37.1 Å². The number of fused-ring (bicyclic) bond motifs is 2. The minimum Gasteiger partial charge on any atom is -0.339 e. The smallest absolute Gasteiger partial charge is 0.225 e. The van der Waals surface area contributed by atoms with Gasteiger partial charge in [-0.15, -0.1) is 0 Å². The highest BCUT2D eigenvalue weighted by atomic mass is 16.2. The summed E-state index contributed by atoms with van der Waals surface area (Å²) in [6.45, 7) is 7.40. The molecule has 1 aliphatic carbocycles. The molecule has 0 radical (unpaired) electrons. The molecule has 16 heavy (non-hydrogen) atoms. The molecule has 3 heterocycles. The maximum absolute atomic E-state index is 12.2. The molecular weight excluding hydrogens is 200 g/mol. The number of carbonyl (C=O) groups is 1. The van der Waals surface area contributed by atoms with Crippen molar-refractivity contribution >= 4 is 5.91 Å². The molecule has 4 atom stereocenters. The zero-order valence-electron chi connectivity index (χ0n) is 10.3. The van der Waals surface area contributed by atoms with Crippen molar-refractivity contribution < 1.29 is 4.79 Å². The summed E-state index contributed by atoms with van der Waals surface area (Å²) in [5.74, 6) is 2.91. The molecule has 0 unspecified atom stereocenters. The zero-order chi connectivity index (χ0) is 11.3. The van der Waals surface area contributed by atoms with Crippen LogP contribution in [0.4, 0.5) is 0 Å². The molecule has 3 nitrogen and oxygen atoms in total. The molecule has 3 saturated heterocycles. The van der Waals surface area contributed by atoms with Crippen LogP contribution in [0, 0.1) is 23.7 Å². The lowest BCUT2D eigenvalue weighted by Gasteiger charge is -2.52. The van der Waals surface area contributed by atoms with Crippen molar-refractivity contribution in [3.05, 3.63) is 0 Å². The first-order valence-electron chi connectivity index (χ1n) is 6.69. The van der Waals surface area contributed by atoms with Crippen molar-refractivity contribution in [3.8, 4) is 0 Å². The van der Waals surface area contributed by atoms with E-state index in [2.05, 4.69) is 10.2 Å². The lowest BCUT2D eigenvalue weighted by molar-refractivity contribution is -0.147. The van der Waals surface area contributed by atoms with Crippen LogP contribution in [0.2, 0.25) is 0 Å². The Kier molecular flexibility index (Phi) is 2.46. The fourth-order valence-electron chi connectivity index (χ4n) is 4.06. The highest BCUT2D eigenvalue weighted by Crippen LogP contribution is 2.45. The van der Waals surface area contributed by atoms with Crippen LogP contribution in [0.25, 0.3) is 0 Å². The highest BCUT2D eigenvalue weighted by molar-refractivity contribution is 5.78.